The molecule has 3 heterocycles. The summed E-state index contributed by atoms with van der Waals surface area (Å²) in [6.45, 7) is 1.68. The summed E-state index contributed by atoms with van der Waals surface area (Å²) in [6.07, 6.45) is 7.67. The van der Waals surface area contributed by atoms with E-state index < -0.39 is 0 Å². The fourth-order valence-electron chi connectivity index (χ4n) is 3.41. The number of aromatic nitrogens is 4. The molecule has 1 unspecified atom stereocenters. The number of hydrogen-bond donors (Lipinski definition) is 1. The molecule has 0 saturated heterocycles. The molecule has 1 N–H and O–H groups in total. The standard InChI is InChI=1S/C17H19N5O/c1-21(10-12-5-6-15-18-7-8-22(15)11-12)17(23)14-4-2-3-13-9-19-20-16(13)14/h2-4,7-9,12H,5-6,10-11H2,1H3,(H,19,20). The van der Waals surface area contributed by atoms with E-state index in [9.17, 15) is 4.79 Å². The molecule has 0 saturated carbocycles. The number of nitrogens with zero attached hydrogens (tertiary/aromatic N) is 4. The van der Waals surface area contributed by atoms with Crippen molar-refractivity contribution in [2.45, 2.75) is 19.4 Å². The predicted octanol–water partition coefficient (Wildman–Crippen LogP) is 2.09. The van der Waals surface area contributed by atoms with E-state index in [-0.39, 0.29) is 5.91 Å². The van der Waals surface area contributed by atoms with Crippen molar-refractivity contribution in [3.8, 4) is 0 Å². The third-order valence-electron chi connectivity index (χ3n) is 4.62. The van der Waals surface area contributed by atoms with Crippen molar-refractivity contribution in [1.82, 2.24) is 24.6 Å². The minimum Gasteiger partial charge on any atom is -0.341 e. The van der Waals surface area contributed by atoms with E-state index in [1.807, 2.05) is 42.5 Å². The van der Waals surface area contributed by atoms with Gasteiger partial charge < -0.3 is 9.47 Å². The number of imidazole rings is 1. The summed E-state index contributed by atoms with van der Waals surface area (Å²) in [7, 11) is 1.88. The molecule has 0 spiro atoms. The number of amides is 1. The summed E-state index contributed by atoms with van der Waals surface area (Å²) in [5, 5.41) is 7.92. The number of hydrogen-bond acceptors (Lipinski definition) is 3. The molecular weight excluding hydrogens is 290 g/mol. The Morgan fingerprint density at radius 3 is 3.30 bits per heavy atom. The fourth-order valence-corrected chi connectivity index (χ4v) is 3.41. The van der Waals surface area contributed by atoms with Gasteiger partial charge in [0.25, 0.3) is 5.91 Å². The Kier molecular flexibility index (Phi) is 3.37. The maximum absolute atomic E-state index is 12.8. The number of fused-ring (bicyclic) bond motifs is 2. The second-order valence-corrected chi connectivity index (χ2v) is 6.23. The zero-order valence-electron chi connectivity index (χ0n) is 13.1. The highest BCUT2D eigenvalue weighted by atomic mass is 16.2. The van der Waals surface area contributed by atoms with Gasteiger partial charge in [-0.1, -0.05) is 12.1 Å². The molecule has 6 heteroatoms. The fraction of sp³-hybridized carbons (Fsp3) is 0.353. The summed E-state index contributed by atoms with van der Waals surface area (Å²) in [4.78, 5) is 19.0. The number of aromatic amines is 1. The van der Waals surface area contributed by atoms with Crippen molar-refractivity contribution in [2.75, 3.05) is 13.6 Å². The summed E-state index contributed by atoms with van der Waals surface area (Å²) < 4.78 is 2.20. The second kappa shape index (κ2) is 5.53. The van der Waals surface area contributed by atoms with Crippen molar-refractivity contribution >= 4 is 16.8 Å². The first kappa shape index (κ1) is 14.0. The van der Waals surface area contributed by atoms with Crippen molar-refractivity contribution in [2.24, 2.45) is 5.92 Å². The molecule has 2 aromatic heterocycles. The van der Waals surface area contributed by atoms with Crippen molar-refractivity contribution < 1.29 is 4.79 Å². The first-order valence-corrected chi connectivity index (χ1v) is 7.90. The van der Waals surface area contributed by atoms with E-state index in [1.54, 1.807) is 6.20 Å². The zero-order valence-corrected chi connectivity index (χ0v) is 13.1. The lowest BCUT2D eigenvalue weighted by Gasteiger charge is -2.28. The Bertz CT molecular complexity index is 849. The summed E-state index contributed by atoms with van der Waals surface area (Å²) in [5.41, 5.74) is 1.49. The first-order chi connectivity index (χ1) is 11.2. The smallest absolute Gasteiger partial charge is 0.255 e. The lowest BCUT2D eigenvalue weighted by Crippen LogP contribution is -2.35. The molecule has 0 bridgehead atoms. The van der Waals surface area contributed by atoms with Crippen molar-refractivity contribution in [1.29, 1.82) is 0 Å². The van der Waals surface area contributed by atoms with Gasteiger partial charge >= 0.3 is 0 Å². The molecule has 0 fully saturated rings. The number of para-hydroxylation sites is 1. The van der Waals surface area contributed by atoms with Crippen molar-refractivity contribution in [3.05, 3.63) is 48.2 Å². The molecule has 1 aliphatic rings. The highest BCUT2D eigenvalue weighted by Gasteiger charge is 2.23. The highest BCUT2D eigenvalue weighted by molar-refractivity contribution is 6.05. The molecule has 118 valence electrons. The van der Waals surface area contributed by atoms with Crippen LogP contribution in [0.4, 0.5) is 0 Å². The molecule has 4 rings (SSSR count). The Labute approximate surface area is 134 Å². The van der Waals surface area contributed by atoms with E-state index in [0.29, 0.717) is 11.5 Å². The molecule has 0 radical (unpaired) electrons. The van der Waals surface area contributed by atoms with Gasteiger partial charge in [-0.15, -0.1) is 0 Å². The van der Waals surface area contributed by atoms with Crippen LogP contribution in [-0.2, 0) is 13.0 Å². The van der Waals surface area contributed by atoms with Crippen LogP contribution >= 0.6 is 0 Å². The van der Waals surface area contributed by atoms with E-state index in [2.05, 4.69) is 19.7 Å². The minimum absolute atomic E-state index is 0.0382. The average Bonchev–Trinajstić information content (AvgIpc) is 3.21. The Morgan fingerprint density at radius 1 is 1.48 bits per heavy atom. The second-order valence-electron chi connectivity index (χ2n) is 6.23. The van der Waals surface area contributed by atoms with Crippen LogP contribution in [0.3, 0.4) is 0 Å². The molecule has 3 aromatic rings. The van der Waals surface area contributed by atoms with Gasteiger partial charge in [-0.05, 0) is 18.4 Å². The van der Waals surface area contributed by atoms with Crippen LogP contribution in [-0.4, -0.2) is 44.1 Å². The van der Waals surface area contributed by atoms with Crippen LogP contribution in [0.15, 0.2) is 36.8 Å². The number of benzene rings is 1. The maximum Gasteiger partial charge on any atom is 0.255 e. The van der Waals surface area contributed by atoms with Crippen molar-refractivity contribution in [3.63, 3.8) is 0 Å². The minimum atomic E-state index is 0.0382. The van der Waals surface area contributed by atoms with Gasteiger partial charge in [0.1, 0.15) is 5.82 Å². The van der Waals surface area contributed by atoms with Gasteiger partial charge in [0.05, 0.1) is 17.3 Å². The number of aryl methyl sites for hydroxylation is 1. The molecule has 1 amide bonds. The average molecular weight is 309 g/mol. The van der Waals surface area contributed by atoms with Crippen LogP contribution in [0.2, 0.25) is 0 Å². The zero-order chi connectivity index (χ0) is 15.8. The SMILES string of the molecule is CN(CC1CCc2nccn2C1)C(=O)c1cccc2cn[nH]c12. The van der Waals surface area contributed by atoms with Crippen LogP contribution in [0.1, 0.15) is 22.6 Å². The van der Waals surface area contributed by atoms with Gasteiger partial charge in [0.15, 0.2) is 0 Å². The Hall–Kier alpha value is -2.63. The number of carbonyl (C=O) groups is 1. The van der Waals surface area contributed by atoms with E-state index in [4.69, 9.17) is 0 Å². The van der Waals surface area contributed by atoms with E-state index in [1.165, 1.54) is 0 Å². The van der Waals surface area contributed by atoms with E-state index in [0.717, 1.165) is 42.7 Å². The summed E-state index contributed by atoms with van der Waals surface area (Å²) in [6, 6.07) is 5.71. The summed E-state index contributed by atoms with van der Waals surface area (Å²) >= 11 is 0. The van der Waals surface area contributed by atoms with Crippen LogP contribution in [0.5, 0.6) is 0 Å². The molecule has 1 atom stereocenters. The quantitative estimate of drug-likeness (QED) is 0.805. The lowest BCUT2D eigenvalue weighted by molar-refractivity contribution is 0.0762. The van der Waals surface area contributed by atoms with Crippen LogP contribution in [0.25, 0.3) is 10.9 Å². The summed E-state index contributed by atoms with van der Waals surface area (Å²) in [5.74, 6) is 1.65. The molecule has 1 aromatic carbocycles. The largest absolute Gasteiger partial charge is 0.341 e. The van der Waals surface area contributed by atoms with Gasteiger partial charge in [-0.25, -0.2) is 4.98 Å². The normalized spacial score (nSPS) is 17.2. The maximum atomic E-state index is 12.8. The molecule has 23 heavy (non-hydrogen) atoms. The topological polar surface area (TPSA) is 66.8 Å². The monoisotopic (exact) mass is 309 g/mol. The van der Waals surface area contributed by atoms with Crippen LogP contribution < -0.4 is 0 Å². The molecule has 6 nitrogen and oxygen atoms in total. The first-order valence-electron chi connectivity index (χ1n) is 7.90. The molecule has 0 aliphatic carbocycles. The lowest BCUT2D eigenvalue weighted by atomic mass is 9.98. The molecule has 1 aliphatic heterocycles. The number of H-pyrrole nitrogens is 1. The third kappa shape index (κ3) is 2.50. The van der Waals surface area contributed by atoms with Gasteiger partial charge in [0.2, 0.25) is 0 Å². The highest BCUT2D eigenvalue weighted by Crippen LogP contribution is 2.21. The Balaban J connectivity index is 1.50. The number of carbonyl (C=O) groups excluding carboxylic acids is 1. The molecular formula is C17H19N5O. The third-order valence-corrected chi connectivity index (χ3v) is 4.62. The Morgan fingerprint density at radius 2 is 2.39 bits per heavy atom. The van der Waals surface area contributed by atoms with Gasteiger partial charge in [-0.2, -0.15) is 5.10 Å². The number of rotatable bonds is 3. The van der Waals surface area contributed by atoms with E-state index >= 15 is 0 Å². The van der Waals surface area contributed by atoms with Crippen LogP contribution in [0, 0.1) is 5.92 Å². The van der Waals surface area contributed by atoms with Gasteiger partial charge in [-0.3, -0.25) is 9.89 Å². The van der Waals surface area contributed by atoms with Gasteiger partial charge in [0, 0.05) is 44.3 Å². The predicted molar refractivity (Wildman–Crippen MR) is 87.1 cm³/mol. The number of nitrogens with one attached hydrogen (secondary N) is 1.